The Bertz CT molecular complexity index is 1500. The Kier molecular flexibility index (Phi) is 12.9. The topological polar surface area (TPSA) is 73.8 Å². The Morgan fingerprint density at radius 2 is 1.06 bits per heavy atom. The first-order chi connectivity index (χ1) is 23.7. The van der Waals surface area contributed by atoms with E-state index in [0.717, 1.165) is 27.8 Å². The summed E-state index contributed by atoms with van der Waals surface area (Å²) in [6.45, 7) is 2.80. The maximum atomic E-state index is 6.69. The molecule has 6 atom stereocenters. The number of methoxy groups -OCH3 is 1. The van der Waals surface area contributed by atoms with Gasteiger partial charge in [0.05, 0.1) is 46.2 Å². The number of hydrogen-bond acceptors (Lipinski definition) is 8. The predicted octanol–water partition coefficient (Wildman–Crippen LogP) is 6.63. The zero-order chi connectivity index (χ0) is 32.8. The van der Waals surface area contributed by atoms with E-state index >= 15 is 0 Å². The van der Waals surface area contributed by atoms with Crippen molar-refractivity contribution in [3.8, 4) is 0 Å². The quantitative estimate of drug-likeness (QED) is 0.118. The molecule has 2 aliphatic rings. The van der Waals surface area contributed by atoms with Crippen molar-refractivity contribution in [2.45, 2.75) is 63.4 Å². The molecule has 8 nitrogen and oxygen atoms in total. The monoisotopic (exact) mass is 652 g/mol. The number of benzene rings is 4. The zero-order valence-electron chi connectivity index (χ0n) is 27.3. The fourth-order valence-electron chi connectivity index (χ4n) is 5.81. The van der Waals surface area contributed by atoms with Crippen LogP contribution in [0.4, 0.5) is 0 Å². The molecule has 1 saturated heterocycles. The number of ether oxygens (including phenoxy) is 8. The van der Waals surface area contributed by atoms with E-state index in [4.69, 9.17) is 37.9 Å². The molecule has 0 radical (unpaired) electrons. The second-order valence-corrected chi connectivity index (χ2v) is 11.9. The fourth-order valence-corrected chi connectivity index (χ4v) is 5.81. The Hall–Kier alpha value is -3.70. The highest BCUT2D eigenvalue weighted by Gasteiger charge is 2.49. The van der Waals surface area contributed by atoms with Crippen LogP contribution in [-0.4, -0.2) is 63.9 Å². The highest BCUT2D eigenvalue weighted by atomic mass is 16.8. The lowest BCUT2D eigenvalue weighted by molar-refractivity contribution is -0.336. The molecule has 4 aromatic rings. The maximum absolute atomic E-state index is 6.69. The molecule has 1 unspecified atom stereocenters. The van der Waals surface area contributed by atoms with Crippen molar-refractivity contribution in [3.05, 3.63) is 155 Å². The van der Waals surface area contributed by atoms with Crippen LogP contribution in [-0.2, 0) is 64.3 Å². The lowest BCUT2D eigenvalue weighted by Crippen LogP contribution is -2.62. The average molecular weight is 653 g/mol. The molecule has 2 heterocycles. The summed E-state index contributed by atoms with van der Waals surface area (Å²) in [7, 11) is 1.61. The van der Waals surface area contributed by atoms with Crippen LogP contribution in [0.2, 0.25) is 0 Å². The smallest absolute Gasteiger partial charge is 0.186 e. The Morgan fingerprint density at radius 1 is 0.562 bits per heavy atom. The molecular formula is C40H44O8. The van der Waals surface area contributed by atoms with Crippen molar-refractivity contribution in [2.75, 3.05) is 26.9 Å². The molecule has 252 valence electrons. The second-order valence-electron chi connectivity index (χ2n) is 11.9. The van der Waals surface area contributed by atoms with Crippen molar-refractivity contribution in [2.24, 2.45) is 0 Å². The first-order valence-corrected chi connectivity index (χ1v) is 16.4. The lowest BCUT2D eigenvalue weighted by atomic mass is 9.98. The van der Waals surface area contributed by atoms with Gasteiger partial charge in [0, 0.05) is 7.11 Å². The van der Waals surface area contributed by atoms with Gasteiger partial charge in [-0.1, -0.05) is 121 Å². The minimum Gasteiger partial charge on any atom is -0.374 e. The van der Waals surface area contributed by atoms with Crippen molar-refractivity contribution < 1.29 is 37.9 Å². The van der Waals surface area contributed by atoms with Gasteiger partial charge in [0.25, 0.3) is 0 Å². The van der Waals surface area contributed by atoms with Gasteiger partial charge in [0.15, 0.2) is 12.6 Å². The van der Waals surface area contributed by atoms with Gasteiger partial charge in [0.1, 0.15) is 24.4 Å². The Balaban J connectivity index is 1.19. The molecule has 48 heavy (non-hydrogen) atoms. The first-order valence-electron chi connectivity index (χ1n) is 16.4. The summed E-state index contributed by atoms with van der Waals surface area (Å²) in [5.74, 6) is 0. The van der Waals surface area contributed by atoms with Crippen LogP contribution < -0.4 is 0 Å². The van der Waals surface area contributed by atoms with E-state index in [1.54, 1.807) is 7.11 Å². The zero-order valence-corrected chi connectivity index (χ0v) is 27.3. The van der Waals surface area contributed by atoms with E-state index in [9.17, 15) is 0 Å². The largest absolute Gasteiger partial charge is 0.374 e. The number of rotatable bonds is 17. The molecule has 0 aromatic heterocycles. The van der Waals surface area contributed by atoms with Gasteiger partial charge in [-0.3, -0.25) is 0 Å². The molecule has 6 rings (SSSR count). The number of hydrogen-bond donors (Lipinski definition) is 0. The summed E-state index contributed by atoms with van der Waals surface area (Å²) in [6.07, 6.45) is -1.71. The Labute approximate surface area is 283 Å². The van der Waals surface area contributed by atoms with Crippen molar-refractivity contribution in [1.29, 1.82) is 0 Å². The third-order valence-corrected chi connectivity index (χ3v) is 8.28. The van der Waals surface area contributed by atoms with Crippen molar-refractivity contribution in [1.82, 2.24) is 0 Å². The van der Waals surface area contributed by atoms with Gasteiger partial charge >= 0.3 is 0 Å². The third-order valence-electron chi connectivity index (χ3n) is 8.28. The normalized spacial score (nSPS) is 24.0. The van der Waals surface area contributed by atoms with E-state index in [-0.39, 0.29) is 6.61 Å². The highest BCUT2D eigenvalue weighted by Crippen LogP contribution is 2.32. The van der Waals surface area contributed by atoms with Gasteiger partial charge in [-0.25, -0.2) is 0 Å². The molecule has 0 amide bonds. The van der Waals surface area contributed by atoms with Crippen LogP contribution in [0.15, 0.2) is 133 Å². The van der Waals surface area contributed by atoms with Crippen LogP contribution in [0.5, 0.6) is 0 Å². The van der Waals surface area contributed by atoms with Crippen LogP contribution in [0.25, 0.3) is 0 Å². The van der Waals surface area contributed by atoms with Crippen molar-refractivity contribution in [3.63, 3.8) is 0 Å². The van der Waals surface area contributed by atoms with Gasteiger partial charge in [-0.2, -0.15) is 0 Å². The van der Waals surface area contributed by atoms with Crippen LogP contribution in [0.1, 0.15) is 22.3 Å². The molecule has 0 bridgehead atoms. The summed E-state index contributed by atoms with van der Waals surface area (Å²) in [4.78, 5) is 0. The molecule has 0 aliphatic carbocycles. The van der Waals surface area contributed by atoms with Gasteiger partial charge in [0.2, 0.25) is 0 Å². The average Bonchev–Trinajstić information content (AvgIpc) is 3.59. The highest BCUT2D eigenvalue weighted by molar-refractivity contribution is 5.17. The van der Waals surface area contributed by atoms with Gasteiger partial charge < -0.3 is 37.9 Å². The van der Waals surface area contributed by atoms with E-state index in [1.807, 2.05) is 127 Å². The summed E-state index contributed by atoms with van der Waals surface area (Å²) in [5, 5.41) is 0. The lowest BCUT2D eigenvalue weighted by Gasteiger charge is -2.46. The van der Waals surface area contributed by atoms with Crippen LogP contribution >= 0.6 is 0 Å². The van der Waals surface area contributed by atoms with E-state index in [1.165, 1.54) is 0 Å². The standard InChI is InChI=1S/C40H44O8/c1-41-40-39(48-36-22-34(28-44-36)25-42-23-30-14-6-2-7-15-30)38(46-27-33-20-12-5-13-21-33)37(45-26-32-18-10-4-11-19-32)35(47-40)29-43-24-31-16-8-3-9-17-31/h2-22,35-40H,23-29H2,1H3/t35-,36?,37-,38+,39-,40-/m1/s1. The minimum absolute atomic E-state index is 0.273. The fraction of sp³-hybridized carbons (Fsp3) is 0.350. The molecule has 8 heteroatoms. The molecule has 0 spiro atoms. The third kappa shape index (κ3) is 9.92. The SMILES string of the molecule is CO[C@@H]1O[C@H](COCc2ccccc2)[C@@H](OCc2ccccc2)[C@H](OCc2ccccc2)[C@H]1OC1C=C(COCc2ccccc2)CO1. The van der Waals surface area contributed by atoms with Crippen LogP contribution in [0, 0.1) is 0 Å². The summed E-state index contributed by atoms with van der Waals surface area (Å²) in [6, 6.07) is 40.3. The molecular weight excluding hydrogens is 608 g/mol. The van der Waals surface area contributed by atoms with Crippen molar-refractivity contribution >= 4 is 0 Å². The predicted molar refractivity (Wildman–Crippen MR) is 181 cm³/mol. The second kappa shape index (κ2) is 18.2. The summed E-state index contributed by atoms with van der Waals surface area (Å²) in [5.41, 5.74) is 5.27. The molecule has 1 fully saturated rings. The summed E-state index contributed by atoms with van der Waals surface area (Å²) < 4.78 is 50.6. The maximum Gasteiger partial charge on any atom is 0.186 e. The first kappa shape index (κ1) is 34.2. The van der Waals surface area contributed by atoms with Gasteiger partial charge in [-0.15, -0.1) is 0 Å². The van der Waals surface area contributed by atoms with Gasteiger partial charge in [-0.05, 0) is 33.9 Å². The summed E-state index contributed by atoms with van der Waals surface area (Å²) >= 11 is 0. The molecule has 2 aliphatic heterocycles. The molecule has 4 aromatic carbocycles. The van der Waals surface area contributed by atoms with E-state index in [2.05, 4.69) is 0 Å². The molecule has 0 N–H and O–H groups in total. The minimum atomic E-state index is -0.761. The molecule has 0 saturated carbocycles. The van der Waals surface area contributed by atoms with E-state index in [0.29, 0.717) is 39.6 Å². The Morgan fingerprint density at radius 3 is 1.60 bits per heavy atom. The van der Waals surface area contributed by atoms with E-state index < -0.39 is 37.0 Å². The van der Waals surface area contributed by atoms with Crippen LogP contribution in [0.3, 0.4) is 0 Å².